The lowest BCUT2D eigenvalue weighted by molar-refractivity contribution is -0.147. The summed E-state index contributed by atoms with van der Waals surface area (Å²) in [6.07, 6.45) is -0.000430. The van der Waals surface area contributed by atoms with E-state index in [4.69, 9.17) is 21.1 Å². The number of benzene rings is 3. The van der Waals surface area contributed by atoms with Crippen LogP contribution in [-0.2, 0) is 14.3 Å². The van der Waals surface area contributed by atoms with E-state index in [0.29, 0.717) is 21.8 Å². The van der Waals surface area contributed by atoms with Gasteiger partial charge in [-0.2, -0.15) is 0 Å². The van der Waals surface area contributed by atoms with E-state index in [1.54, 1.807) is 24.3 Å². The molecular formula is C28H24ClNO6. The molecule has 7 nitrogen and oxygen atoms in total. The standard InChI is InChI=1S/C28H24ClNO6/c1-17-3-6-20(7-4-17)28(34)36-23-11-8-19(9-12-23)25(31)16-35-27(33)21-13-26(32)30(15-21)22-10-5-18(2)24(29)14-22/h3-12,14,21H,13,15-16H2,1-2H3/t21-/m1/s1. The molecule has 8 heteroatoms. The molecule has 0 radical (unpaired) electrons. The fraction of sp³-hybridized carbons (Fsp3) is 0.214. The Bertz CT molecular complexity index is 1320. The molecule has 0 spiro atoms. The smallest absolute Gasteiger partial charge is 0.343 e. The second-order valence-corrected chi connectivity index (χ2v) is 9.06. The number of nitrogens with zero attached hydrogens (tertiary/aromatic N) is 1. The molecule has 1 atom stereocenters. The van der Waals surface area contributed by atoms with Gasteiger partial charge in [-0.1, -0.05) is 35.4 Å². The highest BCUT2D eigenvalue weighted by Crippen LogP contribution is 2.29. The zero-order chi connectivity index (χ0) is 25.8. The first-order valence-electron chi connectivity index (χ1n) is 11.4. The second-order valence-electron chi connectivity index (χ2n) is 8.65. The zero-order valence-corrected chi connectivity index (χ0v) is 20.6. The van der Waals surface area contributed by atoms with Gasteiger partial charge in [-0.15, -0.1) is 0 Å². The molecule has 0 aliphatic carbocycles. The Hall–Kier alpha value is -3.97. The van der Waals surface area contributed by atoms with Crippen molar-refractivity contribution in [2.24, 2.45) is 5.92 Å². The molecule has 0 N–H and O–H groups in total. The third-order valence-corrected chi connectivity index (χ3v) is 6.35. The number of amides is 1. The van der Waals surface area contributed by atoms with E-state index in [-0.39, 0.29) is 24.6 Å². The van der Waals surface area contributed by atoms with E-state index in [1.807, 2.05) is 32.0 Å². The van der Waals surface area contributed by atoms with Crippen molar-refractivity contribution < 1.29 is 28.7 Å². The molecule has 1 aliphatic rings. The second kappa shape index (κ2) is 10.7. The van der Waals surface area contributed by atoms with Crippen LogP contribution in [0.25, 0.3) is 0 Å². The summed E-state index contributed by atoms with van der Waals surface area (Å²) in [6.45, 7) is 3.49. The van der Waals surface area contributed by atoms with E-state index in [0.717, 1.165) is 11.1 Å². The van der Waals surface area contributed by atoms with Gasteiger partial charge >= 0.3 is 11.9 Å². The molecule has 1 fully saturated rings. The summed E-state index contributed by atoms with van der Waals surface area (Å²) in [5.74, 6) is -2.12. The van der Waals surface area contributed by atoms with Crippen LogP contribution in [0.3, 0.4) is 0 Å². The number of hydrogen-bond donors (Lipinski definition) is 0. The average molecular weight is 506 g/mol. The fourth-order valence-electron chi connectivity index (χ4n) is 3.77. The number of ether oxygens (including phenoxy) is 2. The first kappa shape index (κ1) is 25.1. The minimum absolute atomic E-state index is 0.000430. The quantitative estimate of drug-likeness (QED) is 0.256. The molecule has 0 bridgehead atoms. The molecule has 1 heterocycles. The number of Topliss-reactive ketones (excluding diaryl/α,β-unsaturated/α-hetero) is 1. The third kappa shape index (κ3) is 5.80. The summed E-state index contributed by atoms with van der Waals surface area (Å²) in [5, 5.41) is 0.535. The minimum atomic E-state index is -0.672. The Kier molecular flexibility index (Phi) is 7.50. The van der Waals surface area contributed by atoms with E-state index in [2.05, 4.69) is 0 Å². The van der Waals surface area contributed by atoms with Gasteiger partial charge in [0, 0.05) is 29.2 Å². The molecule has 0 aromatic heterocycles. The molecule has 184 valence electrons. The first-order valence-corrected chi connectivity index (χ1v) is 11.7. The molecule has 1 amide bonds. The number of ketones is 1. The summed E-state index contributed by atoms with van der Waals surface area (Å²) < 4.78 is 10.5. The maximum atomic E-state index is 12.5. The number of carbonyl (C=O) groups is 4. The molecule has 1 saturated heterocycles. The molecule has 3 aromatic rings. The highest BCUT2D eigenvalue weighted by Gasteiger charge is 2.36. The van der Waals surface area contributed by atoms with Gasteiger partial charge in [0.1, 0.15) is 5.75 Å². The summed E-state index contributed by atoms with van der Waals surface area (Å²) in [4.78, 5) is 51.2. The molecule has 0 unspecified atom stereocenters. The van der Waals surface area contributed by atoms with Crippen LogP contribution in [0, 0.1) is 19.8 Å². The fourth-order valence-corrected chi connectivity index (χ4v) is 3.94. The highest BCUT2D eigenvalue weighted by atomic mass is 35.5. The van der Waals surface area contributed by atoms with E-state index < -0.39 is 30.2 Å². The van der Waals surface area contributed by atoms with Gasteiger partial charge in [0.05, 0.1) is 11.5 Å². The predicted octanol–water partition coefficient (Wildman–Crippen LogP) is 4.96. The molecule has 4 rings (SSSR count). The number of rotatable bonds is 7. The van der Waals surface area contributed by atoms with Gasteiger partial charge in [0.15, 0.2) is 12.4 Å². The SMILES string of the molecule is Cc1ccc(C(=O)Oc2ccc(C(=O)COC(=O)[C@@H]3CC(=O)N(c4ccc(C)c(Cl)c4)C3)cc2)cc1. The Labute approximate surface area is 213 Å². The van der Waals surface area contributed by atoms with Crippen molar-refractivity contribution >= 4 is 40.9 Å². The molecular weight excluding hydrogens is 482 g/mol. The van der Waals surface area contributed by atoms with Crippen molar-refractivity contribution in [1.29, 1.82) is 0 Å². The van der Waals surface area contributed by atoms with Gasteiger partial charge in [-0.3, -0.25) is 14.4 Å². The monoisotopic (exact) mass is 505 g/mol. The van der Waals surface area contributed by atoms with Crippen LogP contribution in [0.2, 0.25) is 5.02 Å². The minimum Gasteiger partial charge on any atom is -0.457 e. The van der Waals surface area contributed by atoms with Crippen LogP contribution >= 0.6 is 11.6 Å². The maximum Gasteiger partial charge on any atom is 0.343 e. The highest BCUT2D eigenvalue weighted by molar-refractivity contribution is 6.31. The Morgan fingerprint density at radius 1 is 0.944 bits per heavy atom. The van der Waals surface area contributed by atoms with Gasteiger partial charge in [0.25, 0.3) is 0 Å². The van der Waals surface area contributed by atoms with Crippen molar-refractivity contribution in [3.63, 3.8) is 0 Å². The Morgan fingerprint density at radius 3 is 2.28 bits per heavy atom. The summed E-state index contributed by atoms with van der Waals surface area (Å²) in [5.41, 5.74) is 3.26. The zero-order valence-electron chi connectivity index (χ0n) is 19.8. The summed E-state index contributed by atoms with van der Waals surface area (Å²) in [7, 11) is 0. The van der Waals surface area contributed by atoms with Crippen molar-refractivity contribution in [2.45, 2.75) is 20.3 Å². The summed E-state index contributed by atoms with van der Waals surface area (Å²) in [6, 6.07) is 18.3. The van der Waals surface area contributed by atoms with Crippen molar-refractivity contribution in [2.75, 3.05) is 18.1 Å². The van der Waals surface area contributed by atoms with Gasteiger partial charge in [-0.05, 0) is 67.9 Å². The van der Waals surface area contributed by atoms with E-state index in [1.165, 1.54) is 29.2 Å². The normalized spacial score (nSPS) is 15.0. The average Bonchev–Trinajstić information content (AvgIpc) is 3.26. The number of halogens is 1. The molecule has 36 heavy (non-hydrogen) atoms. The molecule has 0 saturated carbocycles. The lowest BCUT2D eigenvalue weighted by atomic mass is 10.1. The predicted molar refractivity (Wildman–Crippen MR) is 135 cm³/mol. The van der Waals surface area contributed by atoms with Crippen LogP contribution in [0.4, 0.5) is 5.69 Å². The topological polar surface area (TPSA) is 90.0 Å². The van der Waals surface area contributed by atoms with Crippen LogP contribution in [0.5, 0.6) is 5.75 Å². The van der Waals surface area contributed by atoms with Crippen LogP contribution in [0.1, 0.15) is 38.3 Å². The van der Waals surface area contributed by atoms with E-state index in [9.17, 15) is 19.2 Å². The largest absolute Gasteiger partial charge is 0.457 e. The Balaban J connectivity index is 1.29. The molecule has 1 aliphatic heterocycles. The van der Waals surface area contributed by atoms with E-state index >= 15 is 0 Å². The first-order chi connectivity index (χ1) is 17.2. The van der Waals surface area contributed by atoms with Crippen molar-refractivity contribution in [3.05, 3.63) is 94.0 Å². The van der Waals surface area contributed by atoms with Gasteiger partial charge in [-0.25, -0.2) is 4.79 Å². The van der Waals surface area contributed by atoms with Crippen LogP contribution < -0.4 is 9.64 Å². The number of aryl methyl sites for hydroxylation is 2. The number of carbonyl (C=O) groups excluding carboxylic acids is 4. The molecule has 3 aromatic carbocycles. The third-order valence-electron chi connectivity index (χ3n) is 5.95. The number of esters is 2. The lowest BCUT2D eigenvalue weighted by Gasteiger charge is -2.17. The summed E-state index contributed by atoms with van der Waals surface area (Å²) >= 11 is 6.16. The number of hydrogen-bond acceptors (Lipinski definition) is 6. The van der Waals surface area contributed by atoms with Crippen molar-refractivity contribution in [3.8, 4) is 5.75 Å². The lowest BCUT2D eigenvalue weighted by Crippen LogP contribution is -2.27. The van der Waals surface area contributed by atoms with Crippen LogP contribution in [0.15, 0.2) is 66.7 Å². The maximum absolute atomic E-state index is 12.5. The number of anilines is 1. The van der Waals surface area contributed by atoms with Crippen molar-refractivity contribution in [1.82, 2.24) is 0 Å². The van der Waals surface area contributed by atoms with Crippen LogP contribution in [-0.4, -0.2) is 36.8 Å². The van der Waals surface area contributed by atoms with Gasteiger partial charge < -0.3 is 14.4 Å². The van der Waals surface area contributed by atoms with Gasteiger partial charge in [0.2, 0.25) is 5.91 Å². The Morgan fingerprint density at radius 2 is 1.61 bits per heavy atom.